The Bertz CT molecular complexity index is 491. The maximum absolute atomic E-state index is 10.1. The average molecular weight is 338 g/mol. The van der Waals surface area contributed by atoms with Crippen molar-refractivity contribution >= 4 is 0 Å². The van der Waals surface area contributed by atoms with Crippen LogP contribution in [0.25, 0.3) is 0 Å². The summed E-state index contributed by atoms with van der Waals surface area (Å²) in [6.45, 7) is 7.14. The van der Waals surface area contributed by atoms with Gasteiger partial charge in [0.1, 0.15) is 0 Å². The zero-order valence-electron chi connectivity index (χ0n) is 15.9. The van der Waals surface area contributed by atoms with Gasteiger partial charge in [-0.05, 0) is 53.2 Å². The van der Waals surface area contributed by atoms with E-state index < -0.39 is 6.10 Å². The highest BCUT2D eigenvalue weighted by Crippen LogP contribution is 2.35. The molecule has 0 aromatic carbocycles. The highest BCUT2D eigenvalue weighted by Gasteiger charge is 2.32. The van der Waals surface area contributed by atoms with Crippen LogP contribution >= 0.6 is 0 Å². The van der Waals surface area contributed by atoms with Crippen LogP contribution in [0.5, 0.6) is 0 Å². The minimum Gasteiger partial charge on any atom is -0.389 e. The highest BCUT2D eigenvalue weighted by atomic mass is 16.5. The summed E-state index contributed by atoms with van der Waals surface area (Å²) in [5, 5.41) is 14.5. The SMILES string of the molecule is CC(C)OC[C@@H](O)CN(C)C[C@@H]1CCCN(C)[C@H]1c1cnn(C)c1. The number of aryl methyl sites for hydroxylation is 1. The Morgan fingerprint density at radius 3 is 2.79 bits per heavy atom. The van der Waals surface area contributed by atoms with Gasteiger partial charge in [-0.1, -0.05) is 0 Å². The molecule has 1 aromatic heterocycles. The van der Waals surface area contributed by atoms with Crippen molar-refractivity contribution in [2.24, 2.45) is 13.0 Å². The largest absolute Gasteiger partial charge is 0.389 e. The molecular weight excluding hydrogens is 304 g/mol. The first-order chi connectivity index (χ1) is 11.4. The first kappa shape index (κ1) is 19.4. The van der Waals surface area contributed by atoms with Gasteiger partial charge in [0.2, 0.25) is 0 Å². The normalized spacial score (nSPS) is 24.0. The Labute approximate surface area is 146 Å². The summed E-state index contributed by atoms with van der Waals surface area (Å²) in [4.78, 5) is 4.68. The molecule has 1 N–H and O–H groups in total. The summed E-state index contributed by atoms with van der Waals surface area (Å²) in [6.07, 6.45) is 6.29. The molecule has 138 valence electrons. The maximum Gasteiger partial charge on any atom is 0.0900 e. The van der Waals surface area contributed by atoms with Gasteiger partial charge in [-0.15, -0.1) is 0 Å². The van der Waals surface area contributed by atoms with Gasteiger partial charge in [0.05, 0.1) is 25.0 Å². The third kappa shape index (κ3) is 5.55. The van der Waals surface area contributed by atoms with Crippen molar-refractivity contribution in [2.45, 2.75) is 44.9 Å². The van der Waals surface area contributed by atoms with Gasteiger partial charge >= 0.3 is 0 Å². The predicted molar refractivity (Wildman–Crippen MR) is 95.9 cm³/mol. The molecule has 0 unspecified atom stereocenters. The molecule has 0 amide bonds. The van der Waals surface area contributed by atoms with E-state index in [9.17, 15) is 5.11 Å². The minimum atomic E-state index is -0.435. The van der Waals surface area contributed by atoms with Gasteiger partial charge in [-0.3, -0.25) is 9.58 Å². The van der Waals surface area contributed by atoms with E-state index in [1.165, 1.54) is 18.4 Å². The molecule has 0 bridgehead atoms. The molecule has 24 heavy (non-hydrogen) atoms. The first-order valence-electron chi connectivity index (χ1n) is 9.03. The van der Waals surface area contributed by atoms with Gasteiger partial charge in [0, 0.05) is 37.9 Å². The number of piperidine rings is 1. The number of aromatic nitrogens is 2. The van der Waals surface area contributed by atoms with Crippen LogP contribution in [0.4, 0.5) is 0 Å². The molecule has 1 aromatic rings. The van der Waals surface area contributed by atoms with Crippen LogP contribution in [0.3, 0.4) is 0 Å². The Morgan fingerprint density at radius 1 is 1.42 bits per heavy atom. The molecule has 0 saturated carbocycles. The molecule has 2 rings (SSSR count). The van der Waals surface area contributed by atoms with Crippen LogP contribution in [-0.2, 0) is 11.8 Å². The quantitative estimate of drug-likeness (QED) is 0.779. The molecule has 6 nitrogen and oxygen atoms in total. The Kier molecular flexibility index (Phi) is 7.22. The van der Waals surface area contributed by atoms with E-state index >= 15 is 0 Å². The molecule has 0 spiro atoms. The number of likely N-dealkylation sites (N-methyl/N-ethyl adjacent to an activating group) is 1. The fourth-order valence-electron chi connectivity index (χ4n) is 3.76. The molecule has 6 heteroatoms. The third-order valence-electron chi connectivity index (χ3n) is 4.76. The van der Waals surface area contributed by atoms with Crippen LogP contribution < -0.4 is 0 Å². The van der Waals surface area contributed by atoms with Gasteiger partial charge < -0.3 is 14.7 Å². The van der Waals surface area contributed by atoms with Gasteiger partial charge in [0.25, 0.3) is 0 Å². The molecule has 1 aliphatic heterocycles. The number of rotatable bonds is 8. The van der Waals surface area contributed by atoms with Crippen LogP contribution in [0.2, 0.25) is 0 Å². The van der Waals surface area contributed by atoms with Gasteiger partial charge in [-0.25, -0.2) is 0 Å². The van der Waals surface area contributed by atoms with Crippen molar-refractivity contribution in [1.29, 1.82) is 0 Å². The van der Waals surface area contributed by atoms with Crippen molar-refractivity contribution in [2.75, 3.05) is 40.3 Å². The molecule has 2 heterocycles. The number of hydrogen-bond acceptors (Lipinski definition) is 5. The summed E-state index contributed by atoms with van der Waals surface area (Å²) >= 11 is 0. The third-order valence-corrected chi connectivity index (χ3v) is 4.76. The van der Waals surface area contributed by atoms with Crippen LogP contribution in [0.1, 0.15) is 38.3 Å². The average Bonchev–Trinajstić information content (AvgIpc) is 2.91. The topological polar surface area (TPSA) is 53.8 Å². The predicted octanol–water partition coefficient (Wildman–Crippen LogP) is 1.52. The van der Waals surface area contributed by atoms with E-state index in [4.69, 9.17) is 4.74 Å². The highest BCUT2D eigenvalue weighted by molar-refractivity contribution is 5.13. The standard InChI is InChI=1S/C18H34N4O2/c1-14(2)24-13-17(23)12-20(3)10-15-7-6-8-21(4)18(15)16-9-19-22(5)11-16/h9,11,14-15,17-18,23H,6-8,10,12-13H2,1-5H3/t15-,17-,18+/m0/s1. The zero-order chi connectivity index (χ0) is 17.7. The van der Waals surface area contributed by atoms with E-state index in [1.807, 2.05) is 31.8 Å². The number of likely N-dealkylation sites (tertiary alicyclic amines) is 1. The fourth-order valence-corrected chi connectivity index (χ4v) is 3.76. The minimum absolute atomic E-state index is 0.159. The van der Waals surface area contributed by atoms with E-state index in [2.05, 4.69) is 35.2 Å². The monoisotopic (exact) mass is 338 g/mol. The van der Waals surface area contributed by atoms with E-state index in [0.29, 0.717) is 25.1 Å². The number of nitrogens with zero attached hydrogens (tertiary/aromatic N) is 4. The molecule has 0 radical (unpaired) electrons. The lowest BCUT2D eigenvalue weighted by molar-refractivity contribution is -0.0101. The van der Waals surface area contributed by atoms with Crippen molar-refractivity contribution < 1.29 is 9.84 Å². The lowest BCUT2D eigenvalue weighted by Crippen LogP contribution is -2.43. The number of hydrogen-bond donors (Lipinski definition) is 1. The first-order valence-corrected chi connectivity index (χ1v) is 9.03. The summed E-state index contributed by atoms with van der Waals surface area (Å²) < 4.78 is 7.39. The second kappa shape index (κ2) is 8.94. The lowest BCUT2D eigenvalue weighted by atomic mass is 9.85. The molecule has 1 saturated heterocycles. The molecule has 0 aliphatic carbocycles. The second-order valence-electron chi connectivity index (χ2n) is 7.53. The summed E-state index contributed by atoms with van der Waals surface area (Å²) in [6, 6.07) is 0.402. The van der Waals surface area contributed by atoms with Gasteiger partial charge in [0.15, 0.2) is 0 Å². The fraction of sp³-hybridized carbons (Fsp3) is 0.833. The van der Waals surface area contributed by atoms with Crippen LogP contribution in [-0.4, -0.2) is 77.2 Å². The number of ether oxygens (including phenoxy) is 1. The van der Waals surface area contributed by atoms with E-state index in [0.717, 1.165) is 13.1 Å². The second-order valence-corrected chi connectivity index (χ2v) is 7.53. The van der Waals surface area contributed by atoms with Crippen LogP contribution in [0, 0.1) is 5.92 Å². The molecule has 1 fully saturated rings. The summed E-state index contributed by atoms with van der Waals surface area (Å²) in [5.74, 6) is 0.552. The van der Waals surface area contributed by atoms with Crippen molar-refractivity contribution in [3.63, 3.8) is 0 Å². The lowest BCUT2D eigenvalue weighted by Gasteiger charge is -2.40. The van der Waals surface area contributed by atoms with Crippen LogP contribution in [0.15, 0.2) is 12.4 Å². The smallest absolute Gasteiger partial charge is 0.0900 e. The van der Waals surface area contributed by atoms with E-state index in [1.54, 1.807) is 0 Å². The summed E-state index contributed by atoms with van der Waals surface area (Å²) in [5.41, 5.74) is 1.29. The molecular formula is C18H34N4O2. The van der Waals surface area contributed by atoms with Crippen molar-refractivity contribution in [3.8, 4) is 0 Å². The van der Waals surface area contributed by atoms with Gasteiger partial charge in [-0.2, -0.15) is 5.10 Å². The maximum atomic E-state index is 10.1. The van der Waals surface area contributed by atoms with Crippen molar-refractivity contribution in [1.82, 2.24) is 19.6 Å². The molecule has 1 aliphatic rings. The summed E-state index contributed by atoms with van der Waals surface area (Å²) in [7, 11) is 6.27. The Morgan fingerprint density at radius 2 is 2.17 bits per heavy atom. The number of aliphatic hydroxyl groups is 1. The molecule has 3 atom stereocenters. The Balaban J connectivity index is 1.92. The zero-order valence-corrected chi connectivity index (χ0v) is 15.9. The van der Waals surface area contributed by atoms with Crippen molar-refractivity contribution in [3.05, 3.63) is 18.0 Å². The van der Waals surface area contributed by atoms with E-state index in [-0.39, 0.29) is 6.10 Å². The number of aliphatic hydroxyl groups excluding tert-OH is 1. The Hall–Kier alpha value is -0.950.